The molecule has 2 heterocycles. The summed E-state index contributed by atoms with van der Waals surface area (Å²) >= 11 is 0. The van der Waals surface area contributed by atoms with Gasteiger partial charge in [0, 0.05) is 25.0 Å². The van der Waals surface area contributed by atoms with Crippen molar-refractivity contribution in [3.63, 3.8) is 0 Å². The number of carboxylic acid groups (broad SMARTS) is 1. The molecule has 2 aromatic carbocycles. The van der Waals surface area contributed by atoms with Crippen molar-refractivity contribution in [1.82, 2.24) is 9.96 Å². The van der Waals surface area contributed by atoms with E-state index in [9.17, 15) is 14.7 Å². The fourth-order valence-corrected chi connectivity index (χ4v) is 4.99. The molecule has 0 aromatic heterocycles. The monoisotopic (exact) mass is 498 g/mol. The Morgan fingerprint density at radius 2 is 1.78 bits per heavy atom. The summed E-state index contributed by atoms with van der Waals surface area (Å²) in [5.41, 5.74) is 1.66. The van der Waals surface area contributed by atoms with Gasteiger partial charge in [0.15, 0.2) is 11.5 Å². The number of carbonyl (C=O) groups is 2. The molecule has 36 heavy (non-hydrogen) atoms. The highest BCUT2D eigenvalue weighted by Gasteiger charge is 2.48. The zero-order valence-corrected chi connectivity index (χ0v) is 21.0. The van der Waals surface area contributed by atoms with Crippen molar-refractivity contribution in [1.29, 1.82) is 0 Å². The molecule has 4 rings (SSSR count). The number of rotatable bonds is 11. The van der Waals surface area contributed by atoms with Crippen molar-refractivity contribution in [2.24, 2.45) is 5.92 Å². The lowest BCUT2D eigenvalue weighted by atomic mass is 9.82. The van der Waals surface area contributed by atoms with Gasteiger partial charge < -0.3 is 19.3 Å². The van der Waals surface area contributed by atoms with Crippen LogP contribution in [0.3, 0.4) is 0 Å². The van der Waals surface area contributed by atoms with Gasteiger partial charge >= 0.3 is 5.97 Å². The van der Waals surface area contributed by atoms with Crippen LogP contribution in [-0.4, -0.2) is 67.1 Å². The third-order valence-electron chi connectivity index (χ3n) is 6.66. The van der Waals surface area contributed by atoms with Crippen LogP contribution in [0.5, 0.6) is 17.2 Å². The minimum atomic E-state index is -0.916. The Labute approximate surface area is 211 Å². The summed E-state index contributed by atoms with van der Waals surface area (Å²) in [6, 6.07) is 12.4. The normalized spacial score (nSPS) is 20.9. The second kappa shape index (κ2) is 11.6. The van der Waals surface area contributed by atoms with Crippen LogP contribution >= 0.6 is 0 Å². The van der Waals surface area contributed by atoms with Crippen molar-refractivity contribution in [2.45, 2.75) is 38.6 Å². The number of likely N-dealkylation sites (tertiary alicyclic amines) is 1. The molecule has 1 amide bonds. The van der Waals surface area contributed by atoms with Crippen LogP contribution < -0.4 is 14.2 Å². The third kappa shape index (κ3) is 5.42. The van der Waals surface area contributed by atoms with Gasteiger partial charge in [0.1, 0.15) is 5.75 Å². The van der Waals surface area contributed by atoms with E-state index in [1.807, 2.05) is 61.2 Å². The van der Waals surface area contributed by atoms with Gasteiger partial charge in [-0.1, -0.05) is 32.0 Å². The average Bonchev–Trinajstić information content (AvgIpc) is 3.50. The zero-order chi connectivity index (χ0) is 25.7. The van der Waals surface area contributed by atoms with Gasteiger partial charge in [-0.15, -0.1) is 0 Å². The number of hydrogen-bond donors (Lipinski definition) is 1. The van der Waals surface area contributed by atoms with Gasteiger partial charge in [0.05, 0.1) is 26.2 Å². The standard InChI is InChI=1S/C27H34N2O7/c1-4-12-29(36-13-5-2)24(30)16-28-15-21(19-8-11-22-23(14-19)35-17-34-22)25(27(31)32)26(28)18-6-9-20(33-3)10-7-18/h6-11,14,21,25-26H,4-5,12-13,15-17H2,1-3H3,(H,31,32)/t21?,25-,26+/m0/s1. The SMILES string of the molecule is CCCON(CCC)C(=O)CN1CC(c2ccc3c(c2)OCO3)[C@H](C(=O)O)[C@H]1c1ccc(OC)cc1. The average molecular weight is 499 g/mol. The number of nitrogens with zero attached hydrogens (tertiary/aromatic N) is 2. The highest BCUT2D eigenvalue weighted by Crippen LogP contribution is 2.47. The van der Waals surface area contributed by atoms with Gasteiger partial charge in [-0.2, -0.15) is 0 Å². The molecule has 3 atom stereocenters. The number of amides is 1. The topological polar surface area (TPSA) is 97.8 Å². The van der Waals surface area contributed by atoms with Crippen molar-refractivity contribution < 1.29 is 33.7 Å². The zero-order valence-electron chi connectivity index (χ0n) is 21.0. The molecule has 0 spiro atoms. The Balaban J connectivity index is 1.68. The fraction of sp³-hybridized carbons (Fsp3) is 0.481. The van der Waals surface area contributed by atoms with E-state index < -0.39 is 17.9 Å². The lowest BCUT2D eigenvalue weighted by Gasteiger charge is -2.29. The van der Waals surface area contributed by atoms with Crippen LogP contribution in [0.25, 0.3) is 0 Å². The van der Waals surface area contributed by atoms with E-state index >= 15 is 0 Å². The molecule has 0 aliphatic carbocycles. The number of ether oxygens (including phenoxy) is 3. The maximum atomic E-state index is 13.3. The van der Waals surface area contributed by atoms with E-state index in [1.54, 1.807) is 7.11 Å². The summed E-state index contributed by atoms with van der Waals surface area (Å²) in [6.07, 6.45) is 1.55. The second-order valence-corrected chi connectivity index (χ2v) is 9.06. The van der Waals surface area contributed by atoms with Crippen LogP contribution in [0.15, 0.2) is 42.5 Å². The van der Waals surface area contributed by atoms with E-state index in [-0.39, 0.29) is 25.2 Å². The van der Waals surface area contributed by atoms with Crippen molar-refractivity contribution in [3.05, 3.63) is 53.6 Å². The first-order valence-electron chi connectivity index (χ1n) is 12.4. The lowest BCUT2D eigenvalue weighted by molar-refractivity contribution is -0.188. The Hall–Kier alpha value is -3.30. The Bertz CT molecular complexity index is 1060. The third-order valence-corrected chi connectivity index (χ3v) is 6.66. The Morgan fingerprint density at radius 1 is 1.06 bits per heavy atom. The highest BCUT2D eigenvalue weighted by atomic mass is 16.7. The number of hydroxylamine groups is 2. The molecular weight excluding hydrogens is 464 g/mol. The first kappa shape index (κ1) is 25.8. The van der Waals surface area contributed by atoms with Gasteiger partial charge in [0.2, 0.25) is 6.79 Å². The van der Waals surface area contributed by atoms with E-state index in [0.29, 0.717) is 36.9 Å². The maximum absolute atomic E-state index is 13.3. The molecule has 2 aromatic rings. The number of hydrogen-bond acceptors (Lipinski definition) is 7. The number of aliphatic carboxylic acids is 1. The molecule has 9 heteroatoms. The summed E-state index contributed by atoms with van der Waals surface area (Å²) in [7, 11) is 1.59. The van der Waals surface area contributed by atoms with Crippen LogP contribution in [0.4, 0.5) is 0 Å². The van der Waals surface area contributed by atoms with Crippen LogP contribution in [0.2, 0.25) is 0 Å². The van der Waals surface area contributed by atoms with Gasteiger partial charge in [-0.3, -0.25) is 19.3 Å². The molecule has 1 saturated heterocycles. The number of benzene rings is 2. The minimum absolute atomic E-state index is 0.0469. The van der Waals surface area contributed by atoms with Crippen molar-refractivity contribution >= 4 is 11.9 Å². The molecule has 1 fully saturated rings. The van der Waals surface area contributed by atoms with E-state index in [0.717, 1.165) is 24.0 Å². The largest absolute Gasteiger partial charge is 0.497 e. The molecule has 2 aliphatic heterocycles. The van der Waals surface area contributed by atoms with Crippen LogP contribution in [0.1, 0.15) is 49.8 Å². The molecule has 0 saturated carbocycles. The molecule has 1 unspecified atom stereocenters. The molecule has 9 nitrogen and oxygen atoms in total. The lowest BCUT2D eigenvalue weighted by Crippen LogP contribution is -2.41. The molecule has 2 aliphatic rings. The van der Waals surface area contributed by atoms with Crippen LogP contribution in [-0.2, 0) is 14.4 Å². The second-order valence-electron chi connectivity index (χ2n) is 9.06. The summed E-state index contributed by atoms with van der Waals surface area (Å²) in [5.74, 6) is -0.295. The van der Waals surface area contributed by atoms with Gasteiger partial charge in [0.25, 0.3) is 5.91 Å². The van der Waals surface area contributed by atoms with Crippen molar-refractivity contribution in [3.8, 4) is 17.2 Å². The summed E-state index contributed by atoms with van der Waals surface area (Å²) in [4.78, 5) is 33.7. The van der Waals surface area contributed by atoms with Gasteiger partial charge in [-0.05, 0) is 48.2 Å². The minimum Gasteiger partial charge on any atom is -0.497 e. The first-order chi connectivity index (χ1) is 17.5. The smallest absolute Gasteiger partial charge is 0.309 e. The predicted molar refractivity (Wildman–Crippen MR) is 132 cm³/mol. The van der Waals surface area contributed by atoms with Crippen molar-refractivity contribution in [2.75, 3.05) is 40.1 Å². The van der Waals surface area contributed by atoms with E-state index in [4.69, 9.17) is 19.0 Å². The molecular formula is C27H34N2O7. The number of carbonyl (C=O) groups excluding carboxylic acids is 1. The molecule has 0 radical (unpaired) electrons. The quantitative estimate of drug-likeness (QED) is 0.467. The first-order valence-corrected chi connectivity index (χ1v) is 12.4. The van der Waals surface area contributed by atoms with Gasteiger partial charge in [-0.25, -0.2) is 5.06 Å². The molecule has 1 N–H and O–H groups in total. The Morgan fingerprint density at radius 3 is 2.44 bits per heavy atom. The summed E-state index contributed by atoms with van der Waals surface area (Å²) < 4.78 is 16.3. The predicted octanol–water partition coefficient (Wildman–Crippen LogP) is 3.85. The summed E-state index contributed by atoms with van der Waals surface area (Å²) in [5, 5.41) is 11.8. The summed E-state index contributed by atoms with van der Waals surface area (Å²) in [6.45, 7) is 5.49. The Kier molecular flexibility index (Phi) is 8.32. The number of fused-ring (bicyclic) bond motifs is 1. The molecule has 0 bridgehead atoms. The number of carboxylic acids is 1. The maximum Gasteiger partial charge on any atom is 0.309 e. The highest BCUT2D eigenvalue weighted by molar-refractivity contribution is 5.78. The van der Waals surface area contributed by atoms with E-state index in [2.05, 4.69) is 0 Å². The van der Waals surface area contributed by atoms with E-state index in [1.165, 1.54) is 5.06 Å². The fourth-order valence-electron chi connectivity index (χ4n) is 4.99. The number of methoxy groups -OCH3 is 1. The van der Waals surface area contributed by atoms with Crippen LogP contribution in [0, 0.1) is 5.92 Å². The molecule has 194 valence electrons.